The summed E-state index contributed by atoms with van der Waals surface area (Å²) in [5.74, 6) is 0.252. The van der Waals surface area contributed by atoms with Crippen LogP contribution in [0.15, 0.2) is 0 Å². The summed E-state index contributed by atoms with van der Waals surface area (Å²) in [6.45, 7) is 6.19. The Morgan fingerprint density at radius 3 is 2.62 bits per heavy atom. The van der Waals surface area contributed by atoms with Crippen LogP contribution in [0.5, 0.6) is 0 Å². The predicted octanol–water partition coefficient (Wildman–Crippen LogP) is 2.35. The van der Waals surface area contributed by atoms with E-state index in [2.05, 4.69) is 13.8 Å². The summed E-state index contributed by atoms with van der Waals surface area (Å²) < 4.78 is 5.44. The second kappa shape index (κ2) is 2.41. The number of hydrogen-bond acceptors (Lipinski definition) is 2. The van der Waals surface area contributed by atoms with Crippen LogP contribution in [0.25, 0.3) is 0 Å². The van der Waals surface area contributed by atoms with Crippen LogP contribution in [0.1, 0.15) is 33.6 Å². The largest absolute Gasteiger partial charge is 0.458 e. The minimum atomic E-state index is -0.337. The van der Waals surface area contributed by atoms with Crippen molar-refractivity contribution in [3.63, 3.8) is 0 Å². The number of alkyl halides is 1. The van der Waals surface area contributed by atoms with E-state index in [1.165, 1.54) is 0 Å². The van der Waals surface area contributed by atoms with Crippen molar-refractivity contribution in [2.24, 2.45) is 11.3 Å². The van der Waals surface area contributed by atoms with Crippen molar-refractivity contribution in [2.45, 2.75) is 44.6 Å². The molecule has 0 aromatic carbocycles. The highest BCUT2D eigenvalue weighted by Crippen LogP contribution is 2.58. The fraction of sp³-hybridized carbons (Fsp3) is 0.900. The van der Waals surface area contributed by atoms with Gasteiger partial charge in [-0.2, -0.15) is 0 Å². The zero-order valence-corrected chi connectivity index (χ0v) is 9.02. The first kappa shape index (κ1) is 9.32. The highest BCUT2D eigenvalue weighted by Gasteiger charge is 2.63. The van der Waals surface area contributed by atoms with Gasteiger partial charge in [0.15, 0.2) is 0 Å². The lowest BCUT2D eigenvalue weighted by Gasteiger charge is -2.37. The summed E-state index contributed by atoms with van der Waals surface area (Å²) in [5, 5.41) is 0.121. The van der Waals surface area contributed by atoms with Crippen molar-refractivity contribution in [1.29, 1.82) is 0 Å². The molecular formula is C10H15ClO2. The van der Waals surface area contributed by atoms with Gasteiger partial charge in [0.05, 0.1) is 6.42 Å². The van der Waals surface area contributed by atoms with Crippen molar-refractivity contribution in [3.05, 3.63) is 0 Å². The highest BCUT2D eigenvalue weighted by molar-refractivity contribution is 6.21. The molecule has 1 aliphatic carbocycles. The van der Waals surface area contributed by atoms with Gasteiger partial charge < -0.3 is 4.74 Å². The van der Waals surface area contributed by atoms with E-state index in [-0.39, 0.29) is 22.4 Å². The zero-order valence-electron chi connectivity index (χ0n) is 8.26. The number of hydrogen-bond donors (Lipinski definition) is 0. The number of carbonyl (C=O) groups excluding carboxylic acids is 1. The molecule has 0 amide bonds. The van der Waals surface area contributed by atoms with Gasteiger partial charge in [-0.05, 0) is 13.3 Å². The molecule has 2 rings (SSSR count). The number of halogens is 1. The molecule has 1 saturated heterocycles. The summed E-state index contributed by atoms with van der Waals surface area (Å²) >= 11 is 6.25. The normalized spacial score (nSPS) is 47.5. The Morgan fingerprint density at radius 2 is 2.08 bits per heavy atom. The van der Waals surface area contributed by atoms with Crippen molar-refractivity contribution >= 4 is 17.6 Å². The van der Waals surface area contributed by atoms with E-state index in [1.54, 1.807) is 0 Å². The van der Waals surface area contributed by atoms with Crippen LogP contribution in [0.3, 0.4) is 0 Å². The maximum atomic E-state index is 11.2. The van der Waals surface area contributed by atoms with Gasteiger partial charge in [-0.25, -0.2) is 0 Å². The van der Waals surface area contributed by atoms with Crippen molar-refractivity contribution in [3.8, 4) is 0 Å². The molecule has 1 aliphatic heterocycles. The van der Waals surface area contributed by atoms with Gasteiger partial charge in [0.25, 0.3) is 0 Å². The second-order valence-corrected chi connectivity index (χ2v) is 5.43. The van der Waals surface area contributed by atoms with Crippen LogP contribution in [0.4, 0.5) is 0 Å². The molecule has 74 valence electrons. The van der Waals surface area contributed by atoms with Crippen LogP contribution in [0.2, 0.25) is 0 Å². The average Bonchev–Trinajstić information content (AvgIpc) is 2.33. The van der Waals surface area contributed by atoms with Crippen LogP contribution in [-0.4, -0.2) is 16.9 Å². The minimum Gasteiger partial charge on any atom is -0.458 e. The van der Waals surface area contributed by atoms with Gasteiger partial charge in [0, 0.05) is 16.7 Å². The number of fused-ring (bicyclic) bond motifs is 1. The lowest BCUT2D eigenvalue weighted by molar-refractivity contribution is -0.155. The SMILES string of the molecule is CC1(C)C(Cl)CC2CC(=O)OC21C. The lowest BCUT2D eigenvalue weighted by Crippen LogP contribution is -2.43. The quantitative estimate of drug-likeness (QED) is 0.445. The molecule has 1 saturated carbocycles. The maximum Gasteiger partial charge on any atom is 0.306 e. The summed E-state index contributed by atoms with van der Waals surface area (Å²) in [4.78, 5) is 11.2. The fourth-order valence-electron chi connectivity index (χ4n) is 2.58. The Morgan fingerprint density at radius 1 is 1.46 bits per heavy atom. The second-order valence-electron chi connectivity index (χ2n) is 4.91. The van der Waals surface area contributed by atoms with E-state index in [9.17, 15) is 4.79 Å². The molecule has 1 heterocycles. The number of esters is 1. The number of ether oxygens (including phenoxy) is 1. The Balaban J connectivity index is 2.37. The lowest BCUT2D eigenvalue weighted by atomic mass is 9.76. The number of carbonyl (C=O) groups is 1. The Hall–Kier alpha value is -0.240. The third-order valence-corrected chi connectivity index (χ3v) is 4.80. The average molecular weight is 203 g/mol. The van der Waals surface area contributed by atoms with E-state index < -0.39 is 0 Å². The molecule has 0 spiro atoms. The summed E-state index contributed by atoms with van der Waals surface area (Å²) in [6, 6.07) is 0. The Labute approximate surface area is 83.6 Å². The third-order valence-electron chi connectivity index (χ3n) is 4.07. The topological polar surface area (TPSA) is 26.3 Å². The molecule has 0 aromatic rings. The predicted molar refractivity (Wildman–Crippen MR) is 50.6 cm³/mol. The first-order valence-electron chi connectivity index (χ1n) is 4.74. The van der Waals surface area contributed by atoms with Crippen LogP contribution >= 0.6 is 11.6 Å². The van der Waals surface area contributed by atoms with Crippen LogP contribution in [0, 0.1) is 11.3 Å². The molecule has 3 atom stereocenters. The van der Waals surface area contributed by atoms with E-state index >= 15 is 0 Å². The molecule has 2 aliphatic rings. The van der Waals surface area contributed by atoms with E-state index in [1.807, 2.05) is 6.92 Å². The minimum absolute atomic E-state index is 0.0656. The van der Waals surface area contributed by atoms with Crippen molar-refractivity contribution < 1.29 is 9.53 Å². The van der Waals surface area contributed by atoms with Gasteiger partial charge in [0.1, 0.15) is 5.60 Å². The monoisotopic (exact) mass is 202 g/mol. The molecule has 2 fully saturated rings. The smallest absolute Gasteiger partial charge is 0.306 e. The van der Waals surface area contributed by atoms with Crippen molar-refractivity contribution in [1.82, 2.24) is 0 Å². The molecule has 0 bridgehead atoms. The molecule has 2 nitrogen and oxygen atoms in total. The molecule has 13 heavy (non-hydrogen) atoms. The maximum absolute atomic E-state index is 11.2. The van der Waals surface area contributed by atoms with E-state index in [4.69, 9.17) is 16.3 Å². The van der Waals surface area contributed by atoms with Crippen LogP contribution < -0.4 is 0 Å². The summed E-state index contributed by atoms with van der Waals surface area (Å²) in [6.07, 6.45) is 1.44. The highest BCUT2D eigenvalue weighted by atomic mass is 35.5. The molecular weight excluding hydrogens is 188 g/mol. The molecule has 0 radical (unpaired) electrons. The van der Waals surface area contributed by atoms with Gasteiger partial charge in [-0.3, -0.25) is 4.79 Å². The summed E-state index contributed by atoms with van der Waals surface area (Å²) in [7, 11) is 0. The Kier molecular flexibility index (Phi) is 1.73. The fourth-order valence-corrected chi connectivity index (χ4v) is 3.01. The third kappa shape index (κ3) is 0.983. The first-order chi connectivity index (χ1) is 5.88. The zero-order chi connectivity index (χ0) is 9.85. The molecule has 0 N–H and O–H groups in total. The standard InChI is InChI=1S/C10H15ClO2/c1-9(2)7(11)4-6-5-8(12)13-10(6,9)3/h6-7H,4-5H2,1-3H3. The van der Waals surface area contributed by atoms with Crippen LogP contribution in [-0.2, 0) is 9.53 Å². The van der Waals surface area contributed by atoms with Gasteiger partial charge in [-0.1, -0.05) is 13.8 Å². The van der Waals surface area contributed by atoms with E-state index in [0.717, 1.165) is 6.42 Å². The number of rotatable bonds is 0. The Bertz CT molecular complexity index is 262. The van der Waals surface area contributed by atoms with Gasteiger partial charge in [-0.15, -0.1) is 11.6 Å². The molecule has 0 aromatic heterocycles. The van der Waals surface area contributed by atoms with Gasteiger partial charge >= 0.3 is 5.97 Å². The van der Waals surface area contributed by atoms with Crippen molar-refractivity contribution in [2.75, 3.05) is 0 Å². The molecule has 3 heteroatoms. The summed E-state index contributed by atoms with van der Waals surface area (Å²) in [5.41, 5.74) is -0.443. The van der Waals surface area contributed by atoms with E-state index in [0.29, 0.717) is 12.3 Å². The molecule has 3 unspecified atom stereocenters. The first-order valence-corrected chi connectivity index (χ1v) is 5.17. The van der Waals surface area contributed by atoms with Gasteiger partial charge in [0.2, 0.25) is 0 Å².